The van der Waals surface area contributed by atoms with Crippen LogP contribution in [0.25, 0.3) is 0 Å². The summed E-state index contributed by atoms with van der Waals surface area (Å²) in [6.07, 6.45) is 3.60. The van der Waals surface area contributed by atoms with Gasteiger partial charge in [-0.3, -0.25) is 0 Å². The third kappa shape index (κ3) is 5.85. The van der Waals surface area contributed by atoms with Crippen molar-refractivity contribution >= 4 is 23.4 Å². The van der Waals surface area contributed by atoms with Crippen molar-refractivity contribution in [1.82, 2.24) is 15.2 Å². The van der Waals surface area contributed by atoms with Crippen LogP contribution < -0.4 is 10.6 Å². The van der Waals surface area contributed by atoms with Gasteiger partial charge in [0.05, 0.1) is 6.20 Å². The molecule has 2 aromatic rings. The van der Waals surface area contributed by atoms with Crippen LogP contribution in [-0.2, 0) is 6.42 Å². The van der Waals surface area contributed by atoms with E-state index in [1.165, 1.54) is 5.56 Å². The number of halogens is 1. The number of aromatic nitrogens is 3. The molecule has 0 unspecified atom stereocenters. The Morgan fingerprint density at radius 1 is 1.18 bits per heavy atom. The third-order valence-corrected chi connectivity index (χ3v) is 3.41. The molecule has 0 aliphatic carbocycles. The quantitative estimate of drug-likeness (QED) is 0.778. The highest BCUT2D eigenvalue weighted by atomic mass is 35.5. The highest BCUT2D eigenvalue weighted by Crippen LogP contribution is 2.11. The first-order valence-electron chi connectivity index (χ1n) is 7.55. The zero-order valence-corrected chi connectivity index (χ0v) is 13.8. The molecule has 2 rings (SSSR count). The van der Waals surface area contributed by atoms with Crippen molar-refractivity contribution < 1.29 is 0 Å². The summed E-state index contributed by atoms with van der Waals surface area (Å²) < 4.78 is 0. The maximum atomic E-state index is 5.97. The summed E-state index contributed by atoms with van der Waals surface area (Å²) in [6, 6.07) is 7.84. The Labute approximate surface area is 136 Å². The number of anilines is 2. The largest absolute Gasteiger partial charge is 0.369 e. The first kappa shape index (κ1) is 16.5. The number of hydrogen-bond acceptors (Lipinski definition) is 5. The number of rotatable bonds is 8. The molecule has 0 bridgehead atoms. The number of nitrogens with zero attached hydrogens (tertiary/aromatic N) is 3. The van der Waals surface area contributed by atoms with Crippen LogP contribution in [0.2, 0.25) is 5.02 Å². The molecule has 2 N–H and O–H groups in total. The Balaban J connectivity index is 1.80. The van der Waals surface area contributed by atoms with E-state index in [9.17, 15) is 0 Å². The van der Waals surface area contributed by atoms with Gasteiger partial charge in [0, 0.05) is 18.1 Å². The van der Waals surface area contributed by atoms with Gasteiger partial charge in [0.1, 0.15) is 5.82 Å². The van der Waals surface area contributed by atoms with Crippen LogP contribution in [0, 0.1) is 5.92 Å². The van der Waals surface area contributed by atoms with Gasteiger partial charge in [0.25, 0.3) is 0 Å². The molecule has 0 atom stereocenters. The predicted molar refractivity (Wildman–Crippen MR) is 91.4 cm³/mol. The number of hydrogen-bond donors (Lipinski definition) is 2. The zero-order valence-electron chi connectivity index (χ0n) is 13.0. The Kier molecular flexibility index (Phi) is 6.40. The molecule has 0 aliphatic rings. The van der Waals surface area contributed by atoms with Gasteiger partial charge >= 0.3 is 0 Å². The average Bonchev–Trinajstić information content (AvgIpc) is 2.47. The van der Waals surface area contributed by atoms with Crippen molar-refractivity contribution in [3.05, 3.63) is 41.0 Å². The van der Waals surface area contributed by atoms with Crippen LogP contribution in [0.4, 0.5) is 11.8 Å². The lowest BCUT2D eigenvalue weighted by atomic mass is 10.1. The minimum atomic E-state index is 0.538. The van der Waals surface area contributed by atoms with Gasteiger partial charge in [-0.2, -0.15) is 10.1 Å². The van der Waals surface area contributed by atoms with Gasteiger partial charge in [0.15, 0.2) is 0 Å². The molecule has 0 fully saturated rings. The van der Waals surface area contributed by atoms with Crippen LogP contribution in [-0.4, -0.2) is 28.3 Å². The summed E-state index contributed by atoms with van der Waals surface area (Å²) in [4.78, 5) is 4.40. The average molecular weight is 320 g/mol. The van der Waals surface area contributed by atoms with E-state index in [0.29, 0.717) is 11.9 Å². The van der Waals surface area contributed by atoms with E-state index in [0.717, 1.165) is 36.8 Å². The molecular weight excluding hydrogens is 298 g/mol. The Hall–Kier alpha value is -1.88. The zero-order chi connectivity index (χ0) is 15.8. The normalized spacial score (nSPS) is 10.7. The van der Waals surface area contributed by atoms with Crippen molar-refractivity contribution in [2.45, 2.75) is 26.7 Å². The highest BCUT2D eigenvalue weighted by molar-refractivity contribution is 6.30. The first-order valence-corrected chi connectivity index (χ1v) is 7.93. The van der Waals surface area contributed by atoms with Gasteiger partial charge in [0.2, 0.25) is 5.95 Å². The lowest BCUT2D eigenvalue weighted by Crippen LogP contribution is -2.11. The van der Waals surface area contributed by atoms with E-state index in [-0.39, 0.29) is 0 Å². The number of nitrogens with one attached hydrogen (secondary N) is 2. The lowest BCUT2D eigenvalue weighted by Gasteiger charge is -2.09. The smallest absolute Gasteiger partial charge is 0.244 e. The Bertz CT molecular complexity index is 588. The van der Waals surface area contributed by atoms with Gasteiger partial charge in [-0.15, -0.1) is 5.10 Å². The van der Waals surface area contributed by atoms with E-state index in [4.69, 9.17) is 11.6 Å². The number of benzene rings is 1. The van der Waals surface area contributed by atoms with Crippen LogP contribution in [0.15, 0.2) is 30.5 Å². The molecule has 5 nitrogen and oxygen atoms in total. The van der Waals surface area contributed by atoms with Crippen LogP contribution in [0.3, 0.4) is 0 Å². The molecule has 22 heavy (non-hydrogen) atoms. The molecule has 118 valence electrons. The Morgan fingerprint density at radius 3 is 2.82 bits per heavy atom. The molecular formula is C16H22ClN5. The monoisotopic (exact) mass is 319 g/mol. The standard InChI is InChI=1S/C16H22ClN5/c1-12(2)6-8-18-15-11-20-22-16(21-15)19-9-7-13-4-3-5-14(17)10-13/h3-5,10-12H,6-9H2,1-2H3,(H2,18,19,21,22). The second kappa shape index (κ2) is 8.54. The van der Waals surface area contributed by atoms with Crippen LogP contribution >= 0.6 is 11.6 Å². The van der Waals surface area contributed by atoms with Gasteiger partial charge in [-0.1, -0.05) is 37.6 Å². The molecule has 1 aromatic carbocycles. The minimum absolute atomic E-state index is 0.538. The summed E-state index contributed by atoms with van der Waals surface area (Å²) in [7, 11) is 0. The molecule has 1 aromatic heterocycles. The molecule has 0 radical (unpaired) electrons. The van der Waals surface area contributed by atoms with E-state index in [2.05, 4.69) is 45.7 Å². The summed E-state index contributed by atoms with van der Waals surface area (Å²) >= 11 is 5.97. The summed E-state index contributed by atoms with van der Waals surface area (Å²) in [5.41, 5.74) is 1.18. The van der Waals surface area contributed by atoms with Gasteiger partial charge in [-0.25, -0.2) is 0 Å². The minimum Gasteiger partial charge on any atom is -0.369 e. The first-order chi connectivity index (χ1) is 10.6. The second-order valence-electron chi connectivity index (χ2n) is 5.58. The van der Waals surface area contributed by atoms with Crippen molar-refractivity contribution in [2.24, 2.45) is 5.92 Å². The predicted octanol–water partition coefficient (Wildman–Crippen LogP) is 3.64. The molecule has 0 amide bonds. The lowest BCUT2D eigenvalue weighted by molar-refractivity contribution is 0.606. The maximum absolute atomic E-state index is 5.97. The fourth-order valence-electron chi connectivity index (χ4n) is 1.96. The van der Waals surface area contributed by atoms with Crippen molar-refractivity contribution in [3.63, 3.8) is 0 Å². The molecule has 6 heteroatoms. The topological polar surface area (TPSA) is 62.7 Å². The van der Waals surface area contributed by atoms with Gasteiger partial charge in [-0.05, 0) is 36.5 Å². The second-order valence-corrected chi connectivity index (χ2v) is 6.02. The molecule has 0 spiro atoms. The summed E-state index contributed by atoms with van der Waals surface area (Å²) in [5, 5.41) is 15.2. The SMILES string of the molecule is CC(C)CCNc1cnnc(NCCc2cccc(Cl)c2)n1. The van der Waals surface area contributed by atoms with Crippen molar-refractivity contribution in [1.29, 1.82) is 0 Å². The van der Waals surface area contributed by atoms with Gasteiger partial charge < -0.3 is 10.6 Å². The Morgan fingerprint density at radius 2 is 2.05 bits per heavy atom. The molecule has 1 heterocycles. The molecule has 0 saturated heterocycles. The molecule has 0 saturated carbocycles. The van der Waals surface area contributed by atoms with E-state index in [1.54, 1.807) is 6.20 Å². The summed E-state index contributed by atoms with van der Waals surface area (Å²) in [6.45, 7) is 6.02. The maximum Gasteiger partial charge on any atom is 0.244 e. The molecule has 0 aliphatic heterocycles. The van der Waals surface area contributed by atoms with Crippen LogP contribution in [0.1, 0.15) is 25.8 Å². The highest BCUT2D eigenvalue weighted by Gasteiger charge is 2.01. The fourth-order valence-corrected chi connectivity index (χ4v) is 2.18. The van der Waals surface area contributed by atoms with Crippen molar-refractivity contribution in [2.75, 3.05) is 23.7 Å². The van der Waals surface area contributed by atoms with Crippen molar-refractivity contribution in [3.8, 4) is 0 Å². The van der Waals surface area contributed by atoms with E-state index >= 15 is 0 Å². The summed E-state index contributed by atoms with van der Waals surface area (Å²) in [5.74, 6) is 1.95. The fraction of sp³-hybridized carbons (Fsp3) is 0.438. The van der Waals surface area contributed by atoms with Crippen LogP contribution in [0.5, 0.6) is 0 Å². The van der Waals surface area contributed by atoms with E-state index < -0.39 is 0 Å². The van der Waals surface area contributed by atoms with E-state index in [1.807, 2.05) is 18.2 Å². The third-order valence-electron chi connectivity index (χ3n) is 3.17.